The molecule has 3 heteroatoms. The summed E-state index contributed by atoms with van der Waals surface area (Å²) in [5.41, 5.74) is 3.78. The van der Waals surface area contributed by atoms with Gasteiger partial charge in [0.05, 0.1) is 12.3 Å². The summed E-state index contributed by atoms with van der Waals surface area (Å²) >= 11 is 0. The minimum absolute atomic E-state index is 0.0591. The largest absolute Gasteiger partial charge is 0.394 e. The lowest BCUT2D eigenvalue weighted by atomic mass is 10.1. The molecular formula is C13H21NO2. The summed E-state index contributed by atoms with van der Waals surface area (Å²) in [6.45, 7) is 2.22. The Bertz CT molecular complexity index is 264. The molecule has 16 heavy (non-hydrogen) atoms. The van der Waals surface area contributed by atoms with Crippen LogP contribution in [0.3, 0.4) is 0 Å². The third-order valence-corrected chi connectivity index (χ3v) is 2.45. The molecule has 0 unspecified atom stereocenters. The number of aliphatic hydroxyl groups excluding tert-OH is 1. The van der Waals surface area contributed by atoms with E-state index in [2.05, 4.69) is 12.4 Å². The molecule has 3 nitrogen and oxygen atoms in total. The molecule has 0 aliphatic heterocycles. The van der Waals surface area contributed by atoms with Crippen LogP contribution in [0.1, 0.15) is 32.6 Å². The van der Waals surface area contributed by atoms with Gasteiger partial charge in [-0.05, 0) is 18.6 Å². The summed E-state index contributed by atoms with van der Waals surface area (Å²) in [5.74, 6) is 0. The standard InChI is InChI=1S/C13H21NO2/c1-2-3-5-10-13(11-15)16-14-12-8-6-4-7-9-12/h4,6-9,13-15H,2-3,5,10-11H2,1H3/t13-/m1/s1. The highest BCUT2D eigenvalue weighted by Gasteiger charge is 2.07. The van der Waals surface area contributed by atoms with Gasteiger partial charge in [-0.2, -0.15) is 0 Å². The molecule has 1 rings (SSSR count). The number of rotatable bonds is 8. The molecule has 0 bridgehead atoms. The predicted molar refractivity (Wildman–Crippen MR) is 66.2 cm³/mol. The zero-order valence-corrected chi connectivity index (χ0v) is 9.86. The molecule has 0 aromatic heterocycles. The Morgan fingerprint density at radius 1 is 1.25 bits per heavy atom. The van der Waals surface area contributed by atoms with Gasteiger partial charge < -0.3 is 5.11 Å². The lowest BCUT2D eigenvalue weighted by Gasteiger charge is -2.15. The van der Waals surface area contributed by atoms with E-state index in [1.807, 2.05) is 30.3 Å². The van der Waals surface area contributed by atoms with Gasteiger partial charge in [-0.1, -0.05) is 44.4 Å². The Labute approximate surface area is 97.4 Å². The van der Waals surface area contributed by atoms with Crippen LogP contribution >= 0.6 is 0 Å². The second-order valence-corrected chi connectivity index (χ2v) is 3.89. The van der Waals surface area contributed by atoms with Gasteiger partial charge in [0, 0.05) is 0 Å². The maximum absolute atomic E-state index is 9.14. The normalized spacial score (nSPS) is 12.4. The highest BCUT2D eigenvalue weighted by atomic mass is 16.7. The van der Waals surface area contributed by atoms with Crippen LogP contribution in [0.25, 0.3) is 0 Å². The van der Waals surface area contributed by atoms with E-state index in [0.29, 0.717) is 0 Å². The fourth-order valence-corrected chi connectivity index (χ4v) is 1.47. The zero-order valence-electron chi connectivity index (χ0n) is 9.86. The molecule has 0 spiro atoms. The number of aliphatic hydroxyl groups is 1. The lowest BCUT2D eigenvalue weighted by Crippen LogP contribution is -2.21. The molecule has 2 N–H and O–H groups in total. The van der Waals surface area contributed by atoms with Crippen molar-refractivity contribution in [3.63, 3.8) is 0 Å². The van der Waals surface area contributed by atoms with Crippen LogP contribution in [0, 0.1) is 0 Å². The highest BCUT2D eigenvalue weighted by molar-refractivity contribution is 5.40. The van der Waals surface area contributed by atoms with Gasteiger partial charge in [0.2, 0.25) is 0 Å². The van der Waals surface area contributed by atoms with Crippen molar-refractivity contribution in [3.8, 4) is 0 Å². The van der Waals surface area contributed by atoms with E-state index < -0.39 is 0 Å². The van der Waals surface area contributed by atoms with Crippen molar-refractivity contribution in [1.82, 2.24) is 0 Å². The van der Waals surface area contributed by atoms with E-state index in [-0.39, 0.29) is 12.7 Å². The van der Waals surface area contributed by atoms with Crippen LogP contribution in [-0.4, -0.2) is 17.8 Å². The zero-order chi connectivity index (χ0) is 11.6. The van der Waals surface area contributed by atoms with Crippen molar-refractivity contribution in [1.29, 1.82) is 0 Å². The van der Waals surface area contributed by atoms with Crippen LogP contribution < -0.4 is 5.48 Å². The molecule has 0 radical (unpaired) electrons. The first kappa shape index (κ1) is 13.0. The lowest BCUT2D eigenvalue weighted by molar-refractivity contribution is 0.0398. The smallest absolute Gasteiger partial charge is 0.108 e. The van der Waals surface area contributed by atoms with Crippen LogP contribution in [0.5, 0.6) is 0 Å². The van der Waals surface area contributed by atoms with E-state index in [4.69, 9.17) is 9.94 Å². The number of hydrogen-bond acceptors (Lipinski definition) is 3. The molecule has 0 fully saturated rings. The summed E-state index contributed by atoms with van der Waals surface area (Å²) in [6, 6.07) is 9.70. The predicted octanol–water partition coefficient (Wildman–Crippen LogP) is 2.97. The summed E-state index contributed by atoms with van der Waals surface area (Å²) in [6.07, 6.45) is 4.24. The summed E-state index contributed by atoms with van der Waals surface area (Å²) in [7, 11) is 0. The van der Waals surface area contributed by atoms with E-state index in [9.17, 15) is 0 Å². The first-order valence-corrected chi connectivity index (χ1v) is 5.94. The number of unbranched alkanes of at least 4 members (excludes halogenated alkanes) is 2. The Balaban J connectivity index is 2.23. The quantitative estimate of drug-likeness (QED) is 0.526. The first-order chi connectivity index (χ1) is 7.86. The van der Waals surface area contributed by atoms with Crippen molar-refractivity contribution in [2.75, 3.05) is 12.1 Å². The molecule has 0 heterocycles. The van der Waals surface area contributed by atoms with E-state index >= 15 is 0 Å². The molecule has 0 saturated carbocycles. The van der Waals surface area contributed by atoms with E-state index in [0.717, 1.165) is 18.5 Å². The minimum atomic E-state index is -0.119. The molecule has 0 aliphatic carbocycles. The molecule has 1 aromatic carbocycles. The van der Waals surface area contributed by atoms with Crippen LogP contribution in [-0.2, 0) is 4.84 Å². The van der Waals surface area contributed by atoms with E-state index in [1.54, 1.807) is 0 Å². The molecule has 1 aromatic rings. The Morgan fingerprint density at radius 2 is 2.00 bits per heavy atom. The molecule has 0 amide bonds. The van der Waals surface area contributed by atoms with Crippen molar-refractivity contribution in [3.05, 3.63) is 30.3 Å². The van der Waals surface area contributed by atoms with Crippen molar-refractivity contribution in [2.24, 2.45) is 0 Å². The second kappa shape index (κ2) is 8.13. The average Bonchev–Trinajstić information content (AvgIpc) is 2.35. The van der Waals surface area contributed by atoms with Gasteiger partial charge in [-0.25, -0.2) is 0 Å². The first-order valence-electron chi connectivity index (χ1n) is 5.94. The number of hydrogen-bond donors (Lipinski definition) is 2. The SMILES string of the molecule is CCCCC[C@H](CO)ONc1ccccc1. The van der Waals surface area contributed by atoms with Crippen molar-refractivity contribution in [2.45, 2.75) is 38.7 Å². The fourth-order valence-electron chi connectivity index (χ4n) is 1.47. The maximum atomic E-state index is 9.14. The maximum Gasteiger partial charge on any atom is 0.108 e. The Morgan fingerprint density at radius 3 is 2.62 bits per heavy atom. The molecular weight excluding hydrogens is 202 g/mol. The summed E-state index contributed by atoms with van der Waals surface area (Å²) in [4.78, 5) is 5.42. The fraction of sp³-hybridized carbons (Fsp3) is 0.538. The van der Waals surface area contributed by atoms with Gasteiger partial charge in [0.1, 0.15) is 6.10 Å². The van der Waals surface area contributed by atoms with Crippen LogP contribution in [0.15, 0.2) is 30.3 Å². The van der Waals surface area contributed by atoms with Crippen LogP contribution in [0.4, 0.5) is 5.69 Å². The number of nitrogens with one attached hydrogen (secondary N) is 1. The Hall–Kier alpha value is -1.06. The second-order valence-electron chi connectivity index (χ2n) is 3.89. The molecule has 1 atom stereocenters. The molecule has 90 valence electrons. The van der Waals surface area contributed by atoms with Crippen molar-refractivity contribution >= 4 is 5.69 Å². The number of para-hydroxylation sites is 1. The monoisotopic (exact) mass is 223 g/mol. The Kier molecular flexibility index (Phi) is 6.61. The third-order valence-electron chi connectivity index (χ3n) is 2.45. The van der Waals surface area contributed by atoms with Crippen molar-refractivity contribution < 1.29 is 9.94 Å². The molecule has 0 saturated heterocycles. The van der Waals surface area contributed by atoms with Gasteiger partial charge in [0.15, 0.2) is 0 Å². The highest BCUT2D eigenvalue weighted by Crippen LogP contribution is 2.10. The molecule has 0 aliphatic rings. The third kappa shape index (κ3) is 5.14. The average molecular weight is 223 g/mol. The number of anilines is 1. The van der Waals surface area contributed by atoms with Crippen LogP contribution in [0.2, 0.25) is 0 Å². The topological polar surface area (TPSA) is 41.5 Å². The summed E-state index contributed by atoms with van der Waals surface area (Å²) < 4.78 is 0. The minimum Gasteiger partial charge on any atom is -0.394 e. The van der Waals surface area contributed by atoms with E-state index in [1.165, 1.54) is 12.8 Å². The van der Waals surface area contributed by atoms with Gasteiger partial charge in [-0.15, -0.1) is 0 Å². The number of benzene rings is 1. The van der Waals surface area contributed by atoms with Gasteiger partial charge in [0.25, 0.3) is 0 Å². The van der Waals surface area contributed by atoms with Gasteiger partial charge >= 0.3 is 0 Å². The van der Waals surface area contributed by atoms with Gasteiger partial charge in [-0.3, -0.25) is 10.3 Å². The summed E-state index contributed by atoms with van der Waals surface area (Å²) in [5, 5.41) is 9.14.